The molecule has 0 bridgehead atoms. The molecule has 11 heavy (non-hydrogen) atoms. The summed E-state index contributed by atoms with van der Waals surface area (Å²) in [5.74, 6) is -0.175. The highest BCUT2D eigenvalue weighted by molar-refractivity contribution is 8.41. The zero-order valence-electron chi connectivity index (χ0n) is 6.94. The molecule has 0 aromatic carbocycles. The van der Waals surface area contributed by atoms with Gasteiger partial charge in [-0.1, -0.05) is 17.9 Å². The summed E-state index contributed by atoms with van der Waals surface area (Å²) >= 11 is 0. The van der Waals surface area contributed by atoms with Gasteiger partial charge in [-0.25, -0.2) is 0 Å². The van der Waals surface area contributed by atoms with Crippen LogP contribution in [0.2, 0.25) is 0 Å². The van der Waals surface area contributed by atoms with E-state index in [1.807, 2.05) is 25.9 Å². The van der Waals surface area contributed by atoms with Crippen molar-refractivity contribution in [3.05, 3.63) is 0 Å². The molecule has 0 saturated carbocycles. The number of likely N-dealkylation sites (N-methyl/N-ethyl adjacent to an activating group) is 1. The van der Waals surface area contributed by atoms with E-state index in [1.54, 1.807) is 0 Å². The second-order valence-corrected chi connectivity index (χ2v) is 8.15. The van der Waals surface area contributed by atoms with Crippen molar-refractivity contribution in [2.75, 3.05) is 14.1 Å². The van der Waals surface area contributed by atoms with Crippen molar-refractivity contribution >= 4 is 31.4 Å². The minimum absolute atomic E-state index is 0.166. The molecule has 0 heterocycles. The van der Waals surface area contributed by atoms with Crippen molar-refractivity contribution in [3.63, 3.8) is 0 Å². The molecule has 0 saturated heterocycles. The maximum atomic E-state index is 11.1. The molecule has 0 aromatic rings. The van der Waals surface area contributed by atoms with Crippen LogP contribution in [0.25, 0.3) is 0 Å². The molecule has 0 fully saturated rings. The van der Waals surface area contributed by atoms with Crippen LogP contribution in [-0.2, 0) is 9.32 Å². The Morgan fingerprint density at radius 1 is 1.55 bits per heavy atom. The van der Waals surface area contributed by atoms with E-state index in [-0.39, 0.29) is 12.0 Å². The Balaban J connectivity index is 3.83. The van der Waals surface area contributed by atoms with Crippen LogP contribution in [0.3, 0.4) is 0 Å². The Bertz CT molecular complexity index is 140. The fourth-order valence-corrected chi connectivity index (χ4v) is 1.37. The number of nitrogens with zero attached hydrogens (tertiary/aromatic N) is 1. The topological polar surface area (TPSA) is 29.5 Å². The molecule has 0 aliphatic carbocycles. The predicted molar refractivity (Wildman–Crippen MR) is 55.6 cm³/mol. The van der Waals surface area contributed by atoms with Gasteiger partial charge < -0.3 is 4.52 Å². The van der Waals surface area contributed by atoms with E-state index in [4.69, 9.17) is 4.52 Å². The fraction of sp³-hybridized carbons (Fsp3) is 0.800. The largest absolute Gasteiger partial charge is 0.436 e. The van der Waals surface area contributed by atoms with Gasteiger partial charge in [-0.3, -0.25) is 9.69 Å². The zero-order chi connectivity index (χ0) is 9.02. The second-order valence-electron chi connectivity index (χ2n) is 2.41. The summed E-state index contributed by atoms with van der Waals surface area (Å²) in [5.41, 5.74) is 0. The lowest BCUT2D eigenvalue weighted by atomic mass is 10.3. The highest BCUT2D eigenvalue weighted by atomic mass is 32.4. The van der Waals surface area contributed by atoms with Crippen molar-refractivity contribution in [2.45, 2.75) is 13.0 Å². The van der Waals surface area contributed by atoms with Crippen LogP contribution >= 0.6 is 25.4 Å². The van der Waals surface area contributed by atoms with E-state index in [0.29, 0.717) is 0 Å². The summed E-state index contributed by atoms with van der Waals surface area (Å²) in [5, 5.41) is 0. The number of hydrogen-bond acceptors (Lipinski definition) is 3. The smallest absolute Gasteiger partial charge is 0.326 e. The minimum Gasteiger partial charge on any atom is -0.436 e. The van der Waals surface area contributed by atoms with Gasteiger partial charge in [-0.2, -0.15) is 0 Å². The maximum Gasteiger partial charge on any atom is 0.326 e. The first-order valence-corrected chi connectivity index (χ1v) is 7.62. The summed E-state index contributed by atoms with van der Waals surface area (Å²) < 4.78 is 4.98. The van der Waals surface area contributed by atoms with Crippen LogP contribution in [0, 0.1) is 0 Å². The van der Waals surface area contributed by atoms with Gasteiger partial charge in [0.25, 0.3) is 0 Å². The third-order valence-electron chi connectivity index (χ3n) is 1.31. The van der Waals surface area contributed by atoms with Gasteiger partial charge >= 0.3 is 5.97 Å². The Labute approximate surface area is 73.3 Å². The molecule has 0 aliphatic heterocycles. The van der Waals surface area contributed by atoms with Crippen LogP contribution < -0.4 is 0 Å². The van der Waals surface area contributed by atoms with Crippen LogP contribution in [0.15, 0.2) is 0 Å². The Kier molecular flexibility index (Phi) is 5.73. The Morgan fingerprint density at radius 3 is 2.27 bits per heavy atom. The van der Waals surface area contributed by atoms with Crippen molar-refractivity contribution in [1.82, 2.24) is 4.90 Å². The van der Waals surface area contributed by atoms with E-state index >= 15 is 0 Å². The molecule has 3 atom stereocenters. The number of rotatable bonds is 3. The Morgan fingerprint density at radius 2 is 2.00 bits per heavy atom. The van der Waals surface area contributed by atoms with Crippen LogP contribution in [-0.4, -0.2) is 31.0 Å². The van der Waals surface area contributed by atoms with Crippen LogP contribution in [0.1, 0.15) is 6.92 Å². The summed E-state index contributed by atoms with van der Waals surface area (Å²) in [7, 11) is 7.85. The van der Waals surface area contributed by atoms with E-state index < -0.39 is 7.53 Å². The van der Waals surface area contributed by atoms with Crippen molar-refractivity contribution in [1.29, 1.82) is 0 Å². The summed E-state index contributed by atoms with van der Waals surface area (Å²) in [6.07, 6.45) is 0. The lowest BCUT2D eigenvalue weighted by Crippen LogP contribution is -2.33. The molecule has 6 heteroatoms. The van der Waals surface area contributed by atoms with Gasteiger partial charge in [0.2, 0.25) is 0 Å². The molecule has 3 nitrogen and oxygen atoms in total. The summed E-state index contributed by atoms with van der Waals surface area (Å²) in [4.78, 5) is 12.9. The quantitative estimate of drug-likeness (QED) is 0.664. The maximum absolute atomic E-state index is 11.1. The minimum atomic E-state index is -0.740. The van der Waals surface area contributed by atoms with Gasteiger partial charge in [0.05, 0.1) is 0 Å². The first-order chi connectivity index (χ1) is 4.95. The number of carbonyl (C=O) groups is 1. The van der Waals surface area contributed by atoms with Gasteiger partial charge in [0.15, 0.2) is 0 Å². The molecule has 2 unspecified atom stereocenters. The molecule has 0 rings (SSSR count). The first kappa shape index (κ1) is 11.7. The van der Waals surface area contributed by atoms with Gasteiger partial charge in [0.1, 0.15) is 13.6 Å². The SMILES string of the molecule is C[C@@H](C(=O)OP(P)P)N(C)C. The van der Waals surface area contributed by atoms with E-state index in [1.165, 1.54) is 0 Å². The van der Waals surface area contributed by atoms with Crippen LogP contribution in [0.4, 0.5) is 0 Å². The van der Waals surface area contributed by atoms with Crippen LogP contribution in [0.5, 0.6) is 0 Å². The average molecular weight is 213 g/mol. The van der Waals surface area contributed by atoms with E-state index in [9.17, 15) is 4.79 Å². The third-order valence-corrected chi connectivity index (χ3v) is 2.33. The lowest BCUT2D eigenvalue weighted by Gasteiger charge is -2.18. The highest BCUT2D eigenvalue weighted by Gasteiger charge is 2.17. The van der Waals surface area contributed by atoms with Gasteiger partial charge in [-0.15, -0.1) is 0 Å². The third kappa shape index (κ3) is 5.04. The monoisotopic (exact) mass is 213 g/mol. The normalized spacial score (nSPS) is 13.7. The first-order valence-electron chi connectivity index (χ1n) is 3.13. The molecule has 66 valence electrons. The second kappa shape index (κ2) is 5.38. The molecule has 0 aromatic heterocycles. The molecule has 0 amide bonds. The fourth-order valence-electron chi connectivity index (χ4n) is 0.391. The summed E-state index contributed by atoms with van der Waals surface area (Å²) in [6, 6.07) is -0.166. The molecule has 0 N–H and O–H groups in total. The number of hydrogen-bond donors (Lipinski definition) is 0. The Hall–Kier alpha value is 0.720. The predicted octanol–water partition coefficient (Wildman–Crippen LogP) is 1.46. The van der Waals surface area contributed by atoms with Crippen molar-refractivity contribution in [2.24, 2.45) is 0 Å². The molecule has 0 radical (unpaired) electrons. The van der Waals surface area contributed by atoms with Crippen molar-refractivity contribution < 1.29 is 9.32 Å². The van der Waals surface area contributed by atoms with Gasteiger partial charge in [0, 0.05) is 0 Å². The average Bonchev–Trinajstić information content (AvgIpc) is 1.84. The number of carbonyl (C=O) groups excluding carboxylic acids is 1. The van der Waals surface area contributed by atoms with E-state index in [2.05, 4.69) is 17.9 Å². The van der Waals surface area contributed by atoms with Gasteiger partial charge in [-0.05, 0) is 21.0 Å². The van der Waals surface area contributed by atoms with E-state index in [0.717, 1.165) is 0 Å². The molecule has 0 aliphatic rings. The molecular formula is C5H14NO2P3. The molecular weight excluding hydrogens is 199 g/mol. The highest BCUT2D eigenvalue weighted by Crippen LogP contribution is 2.53. The lowest BCUT2D eigenvalue weighted by molar-refractivity contribution is -0.137. The zero-order valence-corrected chi connectivity index (χ0v) is 10.1. The molecule has 0 spiro atoms. The van der Waals surface area contributed by atoms with Crippen molar-refractivity contribution in [3.8, 4) is 0 Å². The summed E-state index contributed by atoms with van der Waals surface area (Å²) in [6.45, 7) is 1.82. The standard InChI is InChI=1S/C5H14NO2P3/c1-4(6(2)3)5(7)8-11(9)10/h4H,9-10H2,1-3H3/t4-/m0/s1.